The first kappa shape index (κ1) is 13.9. The standard InChI is InChI=1S/C14H13FN2O3/c1-2-4-9-7-12(17-8-16-9)20-11-6-3-5-10(15)13(11)14(18)19/h3,5-8H,2,4H2,1H3,(H,18,19). The third-order valence-electron chi connectivity index (χ3n) is 2.61. The molecule has 2 rings (SSSR count). The lowest BCUT2D eigenvalue weighted by Gasteiger charge is -2.09. The maximum absolute atomic E-state index is 13.5. The van der Waals surface area contributed by atoms with E-state index in [2.05, 4.69) is 9.97 Å². The Labute approximate surface area is 115 Å². The number of ether oxygens (including phenoxy) is 1. The fourth-order valence-electron chi connectivity index (χ4n) is 1.74. The van der Waals surface area contributed by atoms with E-state index in [-0.39, 0.29) is 11.6 Å². The first-order chi connectivity index (χ1) is 9.61. The van der Waals surface area contributed by atoms with Gasteiger partial charge in [-0.1, -0.05) is 19.4 Å². The highest BCUT2D eigenvalue weighted by atomic mass is 19.1. The zero-order valence-corrected chi connectivity index (χ0v) is 10.8. The monoisotopic (exact) mass is 276 g/mol. The summed E-state index contributed by atoms with van der Waals surface area (Å²) < 4.78 is 18.9. The van der Waals surface area contributed by atoms with E-state index in [1.165, 1.54) is 18.5 Å². The number of nitrogens with zero attached hydrogens (tertiary/aromatic N) is 2. The first-order valence-electron chi connectivity index (χ1n) is 6.12. The maximum Gasteiger partial charge on any atom is 0.342 e. The third-order valence-corrected chi connectivity index (χ3v) is 2.61. The molecule has 0 amide bonds. The number of carboxylic acid groups (broad SMARTS) is 1. The van der Waals surface area contributed by atoms with Crippen LogP contribution in [-0.4, -0.2) is 21.0 Å². The number of rotatable bonds is 5. The van der Waals surface area contributed by atoms with E-state index in [9.17, 15) is 9.18 Å². The van der Waals surface area contributed by atoms with Crippen LogP contribution in [0.5, 0.6) is 11.6 Å². The van der Waals surface area contributed by atoms with Gasteiger partial charge in [0.25, 0.3) is 0 Å². The second kappa shape index (κ2) is 6.10. The third kappa shape index (κ3) is 3.09. The maximum atomic E-state index is 13.5. The van der Waals surface area contributed by atoms with Crippen molar-refractivity contribution < 1.29 is 19.0 Å². The lowest BCUT2D eigenvalue weighted by atomic mass is 10.2. The molecule has 1 aromatic heterocycles. The zero-order valence-electron chi connectivity index (χ0n) is 10.8. The van der Waals surface area contributed by atoms with E-state index in [0.29, 0.717) is 0 Å². The van der Waals surface area contributed by atoms with Crippen LogP contribution in [0.2, 0.25) is 0 Å². The quantitative estimate of drug-likeness (QED) is 0.908. The molecule has 1 aromatic carbocycles. The first-order valence-corrected chi connectivity index (χ1v) is 6.12. The molecule has 0 saturated heterocycles. The van der Waals surface area contributed by atoms with E-state index in [4.69, 9.17) is 9.84 Å². The molecule has 0 spiro atoms. The molecule has 5 nitrogen and oxygen atoms in total. The molecular weight excluding hydrogens is 263 g/mol. The van der Waals surface area contributed by atoms with Crippen molar-refractivity contribution in [3.05, 3.63) is 47.7 Å². The van der Waals surface area contributed by atoms with Gasteiger partial charge in [-0.3, -0.25) is 0 Å². The summed E-state index contributed by atoms with van der Waals surface area (Å²) in [7, 11) is 0. The molecular formula is C14H13FN2O3. The van der Waals surface area contributed by atoms with Gasteiger partial charge in [0, 0.05) is 11.8 Å². The molecule has 0 atom stereocenters. The van der Waals surface area contributed by atoms with Crippen molar-refractivity contribution in [1.82, 2.24) is 9.97 Å². The Bertz CT molecular complexity index is 632. The lowest BCUT2D eigenvalue weighted by molar-refractivity contribution is 0.0689. The van der Waals surface area contributed by atoms with Crippen molar-refractivity contribution in [2.75, 3.05) is 0 Å². The normalized spacial score (nSPS) is 10.3. The minimum Gasteiger partial charge on any atom is -0.477 e. The lowest BCUT2D eigenvalue weighted by Crippen LogP contribution is -2.04. The van der Waals surface area contributed by atoms with E-state index >= 15 is 0 Å². The summed E-state index contributed by atoms with van der Waals surface area (Å²) in [6.45, 7) is 2.01. The van der Waals surface area contributed by atoms with Gasteiger partial charge < -0.3 is 9.84 Å². The Morgan fingerprint density at radius 2 is 2.20 bits per heavy atom. The molecule has 0 aliphatic rings. The van der Waals surface area contributed by atoms with Crippen LogP contribution < -0.4 is 4.74 Å². The Hall–Kier alpha value is -2.50. The molecule has 20 heavy (non-hydrogen) atoms. The Morgan fingerprint density at radius 3 is 2.90 bits per heavy atom. The minimum absolute atomic E-state index is 0.0846. The predicted octanol–water partition coefficient (Wildman–Crippen LogP) is 3.06. The second-order valence-electron chi connectivity index (χ2n) is 4.12. The number of aromatic nitrogens is 2. The molecule has 0 aliphatic carbocycles. The number of hydrogen-bond donors (Lipinski definition) is 1. The molecule has 0 radical (unpaired) electrons. The van der Waals surface area contributed by atoms with Crippen molar-refractivity contribution in [3.63, 3.8) is 0 Å². The number of carbonyl (C=O) groups is 1. The highest BCUT2D eigenvalue weighted by Crippen LogP contribution is 2.26. The van der Waals surface area contributed by atoms with Gasteiger partial charge in [-0.2, -0.15) is 0 Å². The average Bonchev–Trinajstić information content (AvgIpc) is 2.39. The van der Waals surface area contributed by atoms with Crippen molar-refractivity contribution in [2.45, 2.75) is 19.8 Å². The summed E-state index contributed by atoms with van der Waals surface area (Å²) in [6, 6.07) is 5.44. The van der Waals surface area contributed by atoms with Gasteiger partial charge in [-0.25, -0.2) is 19.2 Å². The number of aryl methyl sites for hydroxylation is 1. The average molecular weight is 276 g/mol. The SMILES string of the molecule is CCCc1cc(Oc2cccc(F)c2C(=O)O)ncn1. The van der Waals surface area contributed by atoms with Crippen molar-refractivity contribution in [1.29, 1.82) is 0 Å². The Kier molecular flexibility index (Phi) is 4.24. The van der Waals surface area contributed by atoms with Crippen LogP contribution in [0.15, 0.2) is 30.6 Å². The summed E-state index contributed by atoms with van der Waals surface area (Å²) in [5.41, 5.74) is 0.272. The zero-order chi connectivity index (χ0) is 14.5. The van der Waals surface area contributed by atoms with E-state index in [1.807, 2.05) is 6.92 Å². The highest BCUT2D eigenvalue weighted by Gasteiger charge is 2.17. The summed E-state index contributed by atoms with van der Waals surface area (Å²) in [6.07, 6.45) is 3.00. The minimum atomic E-state index is -1.39. The second-order valence-corrected chi connectivity index (χ2v) is 4.12. The van der Waals surface area contributed by atoms with Crippen molar-refractivity contribution >= 4 is 5.97 Å². The van der Waals surface area contributed by atoms with Crippen LogP contribution in [0, 0.1) is 5.82 Å². The molecule has 1 heterocycles. The predicted molar refractivity (Wildman–Crippen MR) is 69.5 cm³/mol. The summed E-state index contributed by atoms with van der Waals surface area (Å²) in [4.78, 5) is 19.0. The molecule has 0 aliphatic heterocycles. The number of hydrogen-bond acceptors (Lipinski definition) is 4. The van der Waals surface area contributed by atoms with E-state index < -0.39 is 17.3 Å². The van der Waals surface area contributed by atoms with Crippen LogP contribution >= 0.6 is 0 Å². The van der Waals surface area contributed by atoms with E-state index in [1.54, 1.807) is 6.07 Å². The molecule has 1 N–H and O–H groups in total. The molecule has 0 unspecified atom stereocenters. The van der Waals surface area contributed by atoms with Gasteiger partial charge in [0.1, 0.15) is 23.5 Å². The summed E-state index contributed by atoms with van der Waals surface area (Å²) >= 11 is 0. The highest BCUT2D eigenvalue weighted by molar-refractivity contribution is 5.91. The van der Waals surface area contributed by atoms with Gasteiger partial charge in [-0.05, 0) is 18.6 Å². The molecule has 0 saturated carbocycles. The fraction of sp³-hybridized carbons (Fsp3) is 0.214. The van der Waals surface area contributed by atoms with Crippen LogP contribution in [0.1, 0.15) is 29.4 Å². The number of halogens is 1. The Balaban J connectivity index is 2.32. The molecule has 2 aromatic rings. The van der Waals surface area contributed by atoms with Gasteiger partial charge in [-0.15, -0.1) is 0 Å². The molecule has 0 fully saturated rings. The van der Waals surface area contributed by atoms with E-state index in [0.717, 1.165) is 24.6 Å². The van der Waals surface area contributed by atoms with Crippen molar-refractivity contribution in [2.24, 2.45) is 0 Å². The molecule has 0 bridgehead atoms. The molecule has 6 heteroatoms. The Morgan fingerprint density at radius 1 is 1.40 bits per heavy atom. The van der Waals surface area contributed by atoms with Crippen LogP contribution in [0.3, 0.4) is 0 Å². The topological polar surface area (TPSA) is 72.3 Å². The number of benzene rings is 1. The summed E-state index contributed by atoms with van der Waals surface area (Å²) in [5, 5.41) is 9.01. The largest absolute Gasteiger partial charge is 0.477 e. The van der Waals surface area contributed by atoms with Gasteiger partial charge in [0.05, 0.1) is 0 Å². The van der Waals surface area contributed by atoms with Gasteiger partial charge in [0.15, 0.2) is 0 Å². The van der Waals surface area contributed by atoms with Gasteiger partial charge in [0.2, 0.25) is 5.88 Å². The van der Waals surface area contributed by atoms with Crippen molar-refractivity contribution in [3.8, 4) is 11.6 Å². The fourth-order valence-corrected chi connectivity index (χ4v) is 1.74. The van der Waals surface area contributed by atoms with Crippen LogP contribution in [0.4, 0.5) is 4.39 Å². The smallest absolute Gasteiger partial charge is 0.342 e. The van der Waals surface area contributed by atoms with Crippen LogP contribution in [0.25, 0.3) is 0 Å². The van der Waals surface area contributed by atoms with Gasteiger partial charge >= 0.3 is 5.97 Å². The number of aromatic carboxylic acids is 1. The molecule has 104 valence electrons. The van der Waals surface area contributed by atoms with Crippen LogP contribution in [-0.2, 0) is 6.42 Å². The number of carboxylic acids is 1. The summed E-state index contributed by atoms with van der Waals surface area (Å²) in [5.74, 6) is -2.13.